The third kappa shape index (κ3) is 3.82. The summed E-state index contributed by atoms with van der Waals surface area (Å²) in [7, 11) is 0. The van der Waals surface area contributed by atoms with E-state index in [-0.39, 0.29) is 0 Å². The fourth-order valence-corrected chi connectivity index (χ4v) is 2.19. The van der Waals surface area contributed by atoms with E-state index >= 15 is 0 Å². The number of nitrogens with one attached hydrogen (secondary N) is 1. The predicted octanol–water partition coefficient (Wildman–Crippen LogP) is 1.81. The molecule has 0 unspecified atom stereocenters. The minimum Gasteiger partial charge on any atom is -0.377 e. The Hall–Kier alpha value is -0.870. The lowest BCUT2D eigenvalue weighted by Crippen LogP contribution is -2.27. The summed E-state index contributed by atoms with van der Waals surface area (Å²) in [5.74, 6) is 0.631. The van der Waals surface area contributed by atoms with Crippen molar-refractivity contribution in [2.45, 2.75) is 45.9 Å². The molecule has 1 N–H and O–H groups in total. The number of hydrogen-bond acceptors (Lipinski definition) is 3. The second-order valence-electron chi connectivity index (χ2n) is 5.16. The van der Waals surface area contributed by atoms with Gasteiger partial charge in [0.15, 0.2) is 0 Å². The molecule has 1 aromatic rings. The van der Waals surface area contributed by atoms with Crippen LogP contribution in [0.1, 0.15) is 32.4 Å². The van der Waals surface area contributed by atoms with Crippen molar-refractivity contribution in [1.29, 1.82) is 0 Å². The van der Waals surface area contributed by atoms with Gasteiger partial charge in [0.1, 0.15) is 0 Å². The summed E-state index contributed by atoms with van der Waals surface area (Å²) in [5.41, 5.74) is 1.26. The highest BCUT2D eigenvalue weighted by Gasteiger charge is 2.14. The van der Waals surface area contributed by atoms with Crippen LogP contribution in [-0.2, 0) is 17.8 Å². The molecule has 0 aliphatic carbocycles. The molecular formula is C13H23N3O. The van der Waals surface area contributed by atoms with Gasteiger partial charge in [0.05, 0.1) is 11.8 Å². The topological polar surface area (TPSA) is 39.1 Å². The summed E-state index contributed by atoms with van der Waals surface area (Å²) in [4.78, 5) is 0. The minimum atomic E-state index is 0.413. The molecule has 0 bridgehead atoms. The van der Waals surface area contributed by atoms with Gasteiger partial charge in [0.25, 0.3) is 0 Å². The maximum absolute atomic E-state index is 5.58. The zero-order valence-corrected chi connectivity index (χ0v) is 10.9. The molecule has 1 saturated heterocycles. The molecular weight excluding hydrogens is 214 g/mol. The summed E-state index contributed by atoms with van der Waals surface area (Å²) in [6, 6.07) is 2.09. The van der Waals surface area contributed by atoms with Crippen molar-refractivity contribution >= 4 is 0 Å². The van der Waals surface area contributed by atoms with Gasteiger partial charge in [-0.05, 0) is 24.8 Å². The van der Waals surface area contributed by atoms with Crippen LogP contribution >= 0.6 is 0 Å². The Bertz CT molecular complexity index is 329. The first-order valence-electron chi connectivity index (χ1n) is 6.58. The van der Waals surface area contributed by atoms with E-state index in [0.717, 1.165) is 26.2 Å². The van der Waals surface area contributed by atoms with Gasteiger partial charge in [-0.3, -0.25) is 4.68 Å². The fourth-order valence-electron chi connectivity index (χ4n) is 2.19. The molecule has 1 aromatic heterocycles. The lowest BCUT2D eigenvalue weighted by atomic mass is 10.2. The van der Waals surface area contributed by atoms with Gasteiger partial charge < -0.3 is 10.1 Å². The summed E-state index contributed by atoms with van der Waals surface area (Å²) in [6.45, 7) is 8.18. The number of nitrogens with zero attached hydrogens (tertiary/aromatic N) is 2. The van der Waals surface area contributed by atoms with E-state index < -0.39 is 0 Å². The Morgan fingerprint density at radius 2 is 2.47 bits per heavy atom. The second-order valence-corrected chi connectivity index (χ2v) is 5.16. The predicted molar refractivity (Wildman–Crippen MR) is 67.7 cm³/mol. The zero-order chi connectivity index (χ0) is 12.1. The Balaban J connectivity index is 1.75. The third-order valence-electron chi connectivity index (χ3n) is 3.04. The van der Waals surface area contributed by atoms with E-state index in [4.69, 9.17) is 4.74 Å². The van der Waals surface area contributed by atoms with Crippen LogP contribution in [0.15, 0.2) is 12.3 Å². The molecule has 0 amide bonds. The SMILES string of the molecule is CC(C)Cn1nccc1CNC[C@@H]1CCCO1. The first-order valence-corrected chi connectivity index (χ1v) is 6.58. The molecule has 0 aromatic carbocycles. The molecule has 17 heavy (non-hydrogen) atoms. The van der Waals surface area contributed by atoms with Crippen LogP contribution in [0, 0.1) is 5.92 Å². The minimum absolute atomic E-state index is 0.413. The molecule has 0 spiro atoms. The summed E-state index contributed by atoms with van der Waals surface area (Å²) in [5, 5.41) is 7.81. The maximum atomic E-state index is 5.58. The number of ether oxygens (including phenoxy) is 1. The summed E-state index contributed by atoms with van der Waals surface area (Å²) in [6.07, 6.45) is 4.69. The Kier molecular flexibility index (Phi) is 4.57. The largest absolute Gasteiger partial charge is 0.377 e. The van der Waals surface area contributed by atoms with E-state index in [1.54, 1.807) is 0 Å². The number of rotatable bonds is 6. The van der Waals surface area contributed by atoms with Crippen molar-refractivity contribution in [3.05, 3.63) is 18.0 Å². The molecule has 96 valence electrons. The third-order valence-corrected chi connectivity index (χ3v) is 3.04. The van der Waals surface area contributed by atoms with Crippen LogP contribution in [0.2, 0.25) is 0 Å². The van der Waals surface area contributed by atoms with Crippen LogP contribution in [0.3, 0.4) is 0 Å². The zero-order valence-electron chi connectivity index (χ0n) is 10.9. The smallest absolute Gasteiger partial charge is 0.0700 e. The highest BCUT2D eigenvalue weighted by Crippen LogP contribution is 2.11. The molecule has 2 rings (SSSR count). The quantitative estimate of drug-likeness (QED) is 0.820. The molecule has 1 atom stereocenters. The normalized spacial score (nSPS) is 20.3. The average Bonchev–Trinajstić information content (AvgIpc) is 2.90. The van der Waals surface area contributed by atoms with Crippen molar-refractivity contribution in [2.24, 2.45) is 5.92 Å². The van der Waals surface area contributed by atoms with E-state index in [1.165, 1.54) is 18.5 Å². The fraction of sp³-hybridized carbons (Fsp3) is 0.769. The van der Waals surface area contributed by atoms with Gasteiger partial charge in [-0.1, -0.05) is 13.8 Å². The van der Waals surface area contributed by atoms with Crippen molar-refractivity contribution in [3.8, 4) is 0 Å². The van der Waals surface area contributed by atoms with Crippen LogP contribution in [0.25, 0.3) is 0 Å². The van der Waals surface area contributed by atoms with Gasteiger partial charge in [0.2, 0.25) is 0 Å². The van der Waals surface area contributed by atoms with Crippen molar-refractivity contribution < 1.29 is 4.74 Å². The van der Waals surface area contributed by atoms with Gasteiger partial charge in [0, 0.05) is 32.4 Å². The Morgan fingerprint density at radius 1 is 1.59 bits per heavy atom. The Labute approximate surface area is 103 Å². The van der Waals surface area contributed by atoms with Crippen molar-refractivity contribution in [1.82, 2.24) is 15.1 Å². The van der Waals surface area contributed by atoms with E-state index in [0.29, 0.717) is 12.0 Å². The van der Waals surface area contributed by atoms with E-state index in [2.05, 4.69) is 35.0 Å². The molecule has 4 nitrogen and oxygen atoms in total. The molecule has 0 radical (unpaired) electrons. The summed E-state index contributed by atoms with van der Waals surface area (Å²) >= 11 is 0. The van der Waals surface area contributed by atoms with Gasteiger partial charge >= 0.3 is 0 Å². The molecule has 1 fully saturated rings. The highest BCUT2D eigenvalue weighted by atomic mass is 16.5. The number of aromatic nitrogens is 2. The molecule has 1 aliphatic heterocycles. The first kappa shape index (κ1) is 12.6. The lowest BCUT2D eigenvalue weighted by molar-refractivity contribution is 0.109. The standard InChI is InChI=1S/C13H23N3O/c1-11(2)10-16-12(5-6-15-16)8-14-9-13-4-3-7-17-13/h5-6,11,13-14H,3-4,7-10H2,1-2H3/t13-/m0/s1. The molecule has 2 heterocycles. The second kappa shape index (κ2) is 6.17. The molecule has 0 saturated carbocycles. The highest BCUT2D eigenvalue weighted by molar-refractivity contribution is 5.00. The monoisotopic (exact) mass is 237 g/mol. The van der Waals surface area contributed by atoms with Crippen LogP contribution in [-0.4, -0.2) is 29.0 Å². The molecule has 4 heteroatoms. The van der Waals surface area contributed by atoms with Crippen molar-refractivity contribution in [2.75, 3.05) is 13.2 Å². The van der Waals surface area contributed by atoms with Crippen LogP contribution in [0.5, 0.6) is 0 Å². The van der Waals surface area contributed by atoms with Gasteiger partial charge in [-0.25, -0.2) is 0 Å². The summed E-state index contributed by atoms with van der Waals surface area (Å²) < 4.78 is 7.67. The van der Waals surface area contributed by atoms with E-state index in [1.807, 2.05) is 6.20 Å². The Morgan fingerprint density at radius 3 is 3.18 bits per heavy atom. The maximum Gasteiger partial charge on any atom is 0.0700 e. The lowest BCUT2D eigenvalue weighted by Gasteiger charge is -2.13. The van der Waals surface area contributed by atoms with Crippen molar-refractivity contribution in [3.63, 3.8) is 0 Å². The average molecular weight is 237 g/mol. The number of hydrogen-bond donors (Lipinski definition) is 1. The van der Waals surface area contributed by atoms with Gasteiger partial charge in [-0.15, -0.1) is 0 Å². The van der Waals surface area contributed by atoms with Crippen LogP contribution < -0.4 is 5.32 Å². The first-order chi connectivity index (χ1) is 8.25. The van der Waals surface area contributed by atoms with E-state index in [9.17, 15) is 0 Å². The van der Waals surface area contributed by atoms with Crippen LogP contribution in [0.4, 0.5) is 0 Å². The van der Waals surface area contributed by atoms with Gasteiger partial charge in [-0.2, -0.15) is 5.10 Å². The molecule has 1 aliphatic rings.